The van der Waals surface area contributed by atoms with E-state index in [1.54, 1.807) is 12.3 Å². The van der Waals surface area contributed by atoms with Gasteiger partial charge in [-0.1, -0.05) is 18.5 Å². The Bertz CT molecular complexity index is 456. The first-order chi connectivity index (χ1) is 8.57. The lowest BCUT2D eigenvalue weighted by atomic mass is 9.83. The van der Waals surface area contributed by atoms with Gasteiger partial charge in [-0.15, -0.1) is 0 Å². The molecule has 0 saturated carbocycles. The maximum Gasteiger partial charge on any atom is 0.231 e. The molecule has 1 aromatic heterocycles. The third-order valence-corrected chi connectivity index (χ3v) is 3.93. The molecule has 1 atom stereocenters. The van der Waals surface area contributed by atoms with Crippen LogP contribution < -0.4 is 10.6 Å². The second-order valence-corrected chi connectivity index (χ2v) is 5.22. The normalized spacial score (nSPS) is 23.1. The van der Waals surface area contributed by atoms with E-state index in [1.165, 1.54) is 0 Å². The molecule has 1 fully saturated rings. The number of rotatable bonds is 3. The number of hydrogen-bond acceptors (Lipinski definition) is 3. The highest BCUT2D eigenvalue weighted by molar-refractivity contribution is 6.29. The largest absolute Gasteiger partial charge is 0.324 e. The predicted molar refractivity (Wildman–Crippen MR) is 72.8 cm³/mol. The average molecular weight is 268 g/mol. The van der Waals surface area contributed by atoms with Gasteiger partial charge in [-0.05, 0) is 37.9 Å². The van der Waals surface area contributed by atoms with E-state index in [0.29, 0.717) is 5.15 Å². The molecule has 1 unspecified atom stereocenters. The SMILES string of the molecule is CCC1(C(=O)Nc2cnc(Cl)cc2C)CCNC1. The first-order valence-electron chi connectivity index (χ1n) is 6.22. The molecule has 1 aromatic rings. The number of anilines is 1. The van der Waals surface area contributed by atoms with Gasteiger partial charge in [0.25, 0.3) is 0 Å². The quantitative estimate of drug-likeness (QED) is 0.827. The van der Waals surface area contributed by atoms with Crippen molar-refractivity contribution < 1.29 is 4.79 Å². The minimum atomic E-state index is -0.286. The molecule has 18 heavy (non-hydrogen) atoms. The predicted octanol–water partition coefficient (Wildman–Crippen LogP) is 2.37. The van der Waals surface area contributed by atoms with Crippen molar-refractivity contribution in [2.45, 2.75) is 26.7 Å². The van der Waals surface area contributed by atoms with Gasteiger partial charge >= 0.3 is 0 Å². The zero-order valence-corrected chi connectivity index (χ0v) is 11.5. The van der Waals surface area contributed by atoms with E-state index in [2.05, 4.69) is 22.5 Å². The molecule has 2 N–H and O–H groups in total. The molecule has 0 bridgehead atoms. The van der Waals surface area contributed by atoms with E-state index in [9.17, 15) is 4.79 Å². The van der Waals surface area contributed by atoms with Crippen LogP contribution in [0.4, 0.5) is 5.69 Å². The van der Waals surface area contributed by atoms with Crippen LogP contribution in [0.25, 0.3) is 0 Å². The number of amides is 1. The molecule has 0 aromatic carbocycles. The molecule has 0 radical (unpaired) electrons. The number of hydrogen-bond donors (Lipinski definition) is 2. The zero-order valence-electron chi connectivity index (χ0n) is 10.7. The summed E-state index contributed by atoms with van der Waals surface area (Å²) < 4.78 is 0. The van der Waals surface area contributed by atoms with Gasteiger partial charge < -0.3 is 10.6 Å². The van der Waals surface area contributed by atoms with Crippen molar-refractivity contribution >= 4 is 23.2 Å². The van der Waals surface area contributed by atoms with E-state index >= 15 is 0 Å². The van der Waals surface area contributed by atoms with E-state index < -0.39 is 0 Å². The van der Waals surface area contributed by atoms with E-state index in [-0.39, 0.29) is 11.3 Å². The standard InChI is InChI=1S/C13H18ClN3O/c1-3-13(4-5-15-8-13)12(18)17-10-7-16-11(14)6-9(10)2/h6-7,15H,3-5,8H2,1-2H3,(H,17,18). The number of aryl methyl sites for hydroxylation is 1. The Morgan fingerprint density at radius 3 is 3.00 bits per heavy atom. The van der Waals surface area contributed by atoms with Gasteiger partial charge in [0, 0.05) is 6.54 Å². The lowest BCUT2D eigenvalue weighted by Gasteiger charge is -2.25. The summed E-state index contributed by atoms with van der Waals surface area (Å²) in [5.74, 6) is 0.0715. The molecular formula is C13H18ClN3O. The lowest BCUT2D eigenvalue weighted by molar-refractivity contribution is -0.124. The number of nitrogens with zero attached hydrogens (tertiary/aromatic N) is 1. The van der Waals surface area contributed by atoms with Gasteiger partial charge in [-0.2, -0.15) is 0 Å². The van der Waals surface area contributed by atoms with Gasteiger partial charge in [0.15, 0.2) is 0 Å². The summed E-state index contributed by atoms with van der Waals surface area (Å²) >= 11 is 5.80. The maximum absolute atomic E-state index is 12.4. The number of carbonyl (C=O) groups excluding carboxylic acids is 1. The molecule has 1 amide bonds. The van der Waals surface area contributed by atoms with Gasteiger partial charge in [-0.25, -0.2) is 4.98 Å². The van der Waals surface area contributed by atoms with Gasteiger partial charge in [0.05, 0.1) is 17.3 Å². The number of nitrogens with one attached hydrogen (secondary N) is 2. The number of carbonyl (C=O) groups is 1. The summed E-state index contributed by atoms with van der Waals surface area (Å²) in [6.45, 7) is 5.61. The van der Waals surface area contributed by atoms with Crippen LogP contribution in [-0.4, -0.2) is 24.0 Å². The second kappa shape index (κ2) is 5.24. The zero-order chi connectivity index (χ0) is 13.2. The Morgan fingerprint density at radius 1 is 1.67 bits per heavy atom. The minimum absolute atomic E-state index is 0.0715. The fourth-order valence-electron chi connectivity index (χ4n) is 2.31. The third kappa shape index (κ3) is 2.49. The van der Waals surface area contributed by atoms with Crippen molar-refractivity contribution in [3.63, 3.8) is 0 Å². The molecular weight excluding hydrogens is 250 g/mol. The highest BCUT2D eigenvalue weighted by Crippen LogP contribution is 2.31. The number of pyridine rings is 1. The summed E-state index contributed by atoms with van der Waals surface area (Å²) in [6, 6.07) is 1.75. The van der Waals surface area contributed by atoms with Crippen LogP contribution in [0.2, 0.25) is 5.15 Å². The van der Waals surface area contributed by atoms with Crippen molar-refractivity contribution in [3.8, 4) is 0 Å². The summed E-state index contributed by atoms with van der Waals surface area (Å²) in [6.07, 6.45) is 3.34. The maximum atomic E-state index is 12.4. The highest BCUT2D eigenvalue weighted by Gasteiger charge is 2.39. The summed E-state index contributed by atoms with van der Waals surface area (Å²) in [4.78, 5) is 16.4. The fraction of sp³-hybridized carbons (Fsp3) is 0.538. The lowest BCUT2D eigenvalue weighted by Crippen LogP contribution is -2.37. The van der Waals surface area contributed by atoms with E-state index in [1.807, 2.05) is 6.92 Å². The van der Waals surface area contributed by atoms with Gasteiger partial charge in [0.1, 0.15) is 5.15 Å². The van der Waals surface area contributed by atoms with Crippen LogP contribution in [0.5, 0.6) is 0 Å². The fourth-order valence-corrected chi connectivity index (χ4v) is 2.52. The molecule has 0 aliphatic carbocycles. The van der Waals surface area contributed by atoms with Crippen LogP contribution in [-0.2, 0) is 4.79 Å². The highest BCUT2D eigenvalue weighted by atomic mass is 35.5. The smallest absolute Gasteiger partial charge is 0.231 e. The topological polar surface area (TPSA) is 54.0 Å². The Morgan fingerprint density at radius 2 is 2.44 bits per heavy atom. The average Bonchev–Trinajstić information content (AvgIpc) is 2.82. The van der Waals surface area contributed by atoms with Crippen LogP contribution in [0.1, 0.15) is 25.3 Å². The summed E-state index contributed by atoms with van der Waals surface area (Å²) in [5.41, 5.74) is 1.39. The third-order valence-electron chi connectivity index (χ3n) is 3.73. The van der Waals surface area contributed by atoms with Crippen molar-refractivity contribution in [2.24, 2.45) is 5.41 Å². The number of halogens is 1. The molecule has 1 aliphatic heterocycles. The molecule has 2 heterocycles. The molecule has 5 heteroatoms. The first-order valence-corrected chi connectivity index (χ1v) is 6.59. The van der Waals surface area contributed by atoms with Gasteiger partial charge in [-0.3, -0.25) is 4.79 Å². The Balaban J connectivity index is 2.15. The van der Waals surface area contributed by atoms with Gasteiger partial charge in [0.2, 0.25) is 5.91 Å². The van der Waals surface area contributed by atoms with Crippen LogP contribution in [0.3, 0.4) is 0 Å². The molecule has 98 valence electrons. The first kappa shape index (κ1) is 13.3. The molecule has 1 saturated heterocycles. The van der Waals surface area contributed by atoms with Crippen LogP contribution in [0, 0.1) is 12.3 Å². The van der Waals surface area contributed by atoms with Crippen molar-refractivity contribution in [2.75, 3.05) is 18.4 Å². The van der Waals surface area contributed by atoms with Crippen molar-refractivity contribution in [1.29, 1.82) is 0 Å². The molecule has 2 rings (SSSR count). The summed E-state index contributed by atoms with van der Waals surface area (Å²) in [5, 5.41) is 6.67. The minimum Gasteiger partial charge on any atom is -0.324 e. The molecule has 4 nitrogen and oxygen atoms in total. The van der Waals surface area contributed by atoms with E-state index in [4.69, 9.17) is 11.6 Å². The number of aromatic nitrogens is 1. The molecule has 1 aliphatic rings. The Labute approximate surface area is 112 Å². The van der Waals surface area contributed by atoms with E-state index in [0.717, 1.165) is 37.2 Å². The summed E-state index contributed by atoms with van der Waals surface area (Å²) in [7, 11) is 0. The monoisotopic (exact) mass is 267 g/mol. The Kier molecular flexibility index (Phi) is 3.88. The van der Waals surface area contributed by atoms with Crippen LogP contribution >= 0.6 is 11.6 Å². The molecule has 0 spiro atoms. The van der Waals surface area contributed by atoms with Crippen molar-refractivity contribution in [3.05, 3.63) is 23.0 Å². The Hall–Kier alpha value is -1.13. The van der Waals surface area contributed by atoms with Crippen LogP contribution in [0.15, 0.2) is 12.3 Å². The van der Waals surface area contributed by atoms with Crippen molar-refractivity contribution in [1.82, 2.24) is 10.3 Å². The second-order valence-electron chi connectivity index (χ2n) is 4.84.